The first-order valence-electron chi connectivity index (χ1n) is 8.64. The number of alkyl halides is 3. The number of halogens is 3. The topological polar surface area (TPSA) is 52.1 Å². The van der Waals surface area contributed by atoms with Crippen LogP contribution in [0, 0.1) is 0 Å². The first kappa shape index (κ1) is 18.6. The Hall–Kier alpha value is -3.74. The summed E-state index contributed by atoms with van der Waals surface area (Å²) in [6.07, 6.45) is -4.54. The lowest BCUT2D eigenvalue weighted by Crippen LogP contribution is -2.13. The highest BCUT2D eigenvalue weighted by molar-refractivity contribution is 6.08. The van der Waals surface area contributed by atoms with Crippen molar-refractivity contribution in [3.63, 3.8) is 0 Å². The quantitative estimate of drug-likeness (QED) is 0.338. The Bertz CT molecular complexity index is 1190. The smallest absolute Gasteiger partial charge is 0.416 e. The molecule has 0 radical (unpaired) electrons. The van der Waals surface area contributed by atoms with E-state index in [4.69, 9.17) is 4.74 Å². The fourth-order valence-corrected chi connectivity index (χ4v) is 2.95. The van der Waals surface area contributed by atoms with Gasteiger partial charge in [0.15, 0.2) is 0 Å². The summed E-state index contributed by atoms with van der Waals surface area (Å²) in [6.45, 7) is 0. The molecule has 7 heteroatoms. The van der Waals surface area contributed by atoms with Gasteiger partial charge in [-0.3, -0.25) is 0 Å². The molecule has 0 aliphatic heterocycles. The Balaban J connectivity index is 1.81. The van der Waals surface area contributed by atoms with E-state index in [1.165, 1.54) is 12.1 Å². The van der Waals surface area contributed by atoms with Gasteiger partial charge in [0.25, 0.3) is 0 Å². The SMILES string of the molecule is O=C(Oc1cccc(C(F)(F)F)c1)c1c(-c2ccccc2)nnc2ccccc12. The number of fused-ring (bicyclic) bond motifs is 1. The van der Waals surface area contributed by atoms with Crippen LogP contribution in [0.4, 0.5) is 13.2 Å². The summed E-state index contributed by atoms with van der Waals surface area (Å²) in [5.41, 5.74) is 0.647. The van der Waals surface area contributed by atoms with Crippen molar-refractivity contribution in [2.75, 3.05) is 0 Å². The van der Waals surface area contributed by atoms with Gasteiger partial charge in [0.2, 0.25) is 0 Å². The van der Waals surface area contributed by atoms with Crippen LogP contribution in [-0.2, 0) is 6.18 Å². The van der Waals surface area contributed by atoms with Gasteiger partial charge in [-0.05, 0) is 24.3 Å². The molecule has 4 aromatic rings. The molecule has 0 amide bonds. The maximum atomic E-state index is 13.0. The molecule has 0 saturated heterocycles. The third kappa shape index (κ3) is 3.80. The van der Waals surface area contributed by atoms with Crippen molar-refractivity contribution in [1.82, 2.24) is 10.2 Å². The van der Waals surface area contributed by atoms with Crippen LogP contribution in [0.1, 0.15) is 15.9 Å². The molecule has 4 nitrogen and oxygen atoms in total. The largest absolute Gasteiger partial charge is 0.423 e. The molecule has 0 fully saturated rings. The number of ether oxygens (including phenoxy) is 1. The van der Waals surface area contributed by atoms with Crippen LogP contribution >= 0.6 is 0 Å². The van der Waals surface area contributed by atoms with Crippen molar-refractivity contribution in [1.29, 1.82) is 0 Å². The Morgan fingerprint density at radius 2 is 1.55 bits per heavy atom. The van der Waals surface area contributed by atoms with Crippen molar-refractivity contribution < 1.29 is 22.7 Å². The second-order valence-electron chi connectivity index (χ2n) is 6.22. The first-order chi connectivity index (χ1) is 13.9. The minimum absolute atomic E-state index is 0.138. The van der Waals surface area contributed by atoms with E-state index in [1.54, 1.807) is 48.5 Å². The Labute approximate surface area is 163 Å². The summed E-state index contributed by atoms with van der Waals surface area (Å²) in [7, 11) is 0. The van der Waals surface area contributed by atoms with Gasteiger partial charge in [0.05, 0.1) is 16.6 Å². The number of esters is 1. The van der Waals surface area contributed by atoms with Crippen molar-refractivity contribution >= 4 is 16.9 Å². The van der Waals surface area contributed by atoms with Crippen LogP contribution in [0.5, 0.6) is 5.75 Å². The van der Waals surface area contributed by atoms with Crippen molar-refractivity contribution in [3.05, 3.63) is 90.0 Å². The molecule has 1 aromatic heterocycles. The molecule has 0 saturated carbocycles. The molecule has 0 aliphatic rings. The van der Waals surface area contributed by atoms with Gasteiger partial charge in [0, 0.05) is 10.9 Å². The Morgan fingerprint density at radius 3 is 2.31 bits per heavy atom. The predicted octanol–water partition coefficient (Wildman–Crippen LogP) is 5.53. The number of benzene rings is 3. The molecule has 0 spiro atoms. The van der Waals surface area contributed by atoms with E-state index in [2.05, 4.69) is 10.2 Å². The van der Waals surface area contributed by atoms with Gasteiger partial charge >= 0.3 is 12.1 Å². The predicted molar refractivity (Wildman–Crippen MR) is 101 cm³/mol. The average Bonchev–Trinajstić information content (AvgIpc) is 2.73. The highest BCUT2D eigenvalue weighted by Gasteiger charge is 2.31. The molecular weight excluding hydrogens is 381 g/mol. The molecule has 0 atom stereocenters. The summed E-state index contributed by atoms with van der Waals surface area (Å²) in [5, 5.41) is 8.81. The lowest BCUT2D eigenvalue weighted by atomic mass is 10.0. The zero-order valence-corrected chi connectivity index (χ0v) is 14.9. The van der Waals surface area contributed by atoms with Gasteiger partial charge in [-0.15, -0.1) is 10.2 Å². The molecule has 0 aliphatic carbocycles. The number of hydrogen-bond donors (Lipinski definition) is 0. The van der Waals surface area contributed by atoms with Crippen LogP contribution in [0.25, 0.3) is 22.2 Å². The van der Waals surface area contributed by atoms with Crippen LogP contribution in [-0.4, -0.2) is 16.2 Å². The molecule has 0 unspecified atom stereocenters. The number of hydrogen-bond acceptors (Lipinski definition) is 4. The summed E-state index contributed by atoms with van der Waals surface area (Å²) >= 11 is 0. The standard InChI is InChI=1S/C22H13F3N2O2/c23-22(24,25)15-9-6-10-16(13-15)29-21(28)19-17-11-4-5-12-18(17)26-27-20(19)14-7-2-1-3-8-14/h1-13H. The zero-order chi connectivity index (χ0) is 20.4. The summed E-state index contributed by atoms with van der Waals surface area (Å²) in [6, 6.07) is 20.0. The van der Waals surface area contributed by atoms with E-state index in [0.717, 1.165) is 12.1 Å². The average molecular weight is 394 g/mol. The highest BCUT2D eigenvalue weighted by Crippen LogP contribution is 2.32. The molecule has 144 valence electrons. The lowest BCUT2D eigenvalue weighted by Gasteiger charge is -2.12. The fraction of sp³-hybridized carbons (Fsp3) is 0.0455. The summed E-state index contributed by atoms with van der Waals surface area (Å²) in [5.74, 6) is -1.01. The van der Waals surface area contributed by atoms with Gasteiger partial charge < -0.3 is 4.74 Å². The number of carbonyl (C=O) groups excluding carboxylic acids is 1. The van der Waals surface area contributed by atoms with E-state index in [1.807, 2.05) is 6.07 Å². The molecule has 3 aromatic carbocycles. The van der Waals surface area contributed by atoms with E-state index in [-0.39, 0.29) is 11.3 Å². The summed E-state index contributed by atoms with van der Waals surface area (Å²) < 4.78 is 44.2. The van der Waals surface area contributed by atoms with Crippen LogP contribution < -0.4 is 4.74 Å². The number of rotatable bonds is 3. The van der Waals surface area contributed by atoms with Gasteiger partial charge in [-0.1, -0.05) is 54.6 Å². The van der Waals surface area contributed by atoms with Gasteiger partial charge in [0.1, 0.15) is 11.4 Å². The van der Waals surface area contributed by atoms with Crippen LogP contribution in [0.15, 0.2) is 78.9 Å². The molecular formula is C22H13F3N2O2. The molecule has 1 heterocycles. The normalized spacial score (nSPS) is 11.4. The van der Waals surface area contributed by atoms with E-state index >= 15 is 0 Å². The molecule has 29 heavy (non-hydrogen) atoms. The third-order valence-electron chi connectivity index (χ3n) is 4.29. The maximum absolute atomic E-state index is 13.0. The van der Waals surface area contributed by atoms with Crippen molar-refractivity contribution in [2.24, 2.45) is 0 Å². The van der Waals surface area contributed by atoms with Crippen molar-refractivity contribution in [3.8, 4) is 17.0 Å². The van der Waals surface area contributed by atoms with Crippen LogP contribution in [0.3, 0.4) is 0 Å². The van der Waals surface area contributed by atoms with Gasteiger partial charge in [-0.2, -0.15) is 13.2 Å². The first-order valence-corrected chi connectivity index (χ1v) is 8.64. The Morgan fingerprint density at radius 1 is 0.828 bits per heavy atom. The molecule has 4 rings (SSSR count). The van der Waals surface area contributed by atoms with E-state index in [0.29, 0.717) is 22.2 Å². The van der Waals surface area contributed by atoms with Crippen molar-refractivity contribution in [2.45, 2.75) is 6.18 Å². The van der Waals surface area contributed by atoms with E-state index in [9.17, 15) is 18.0 Å². The highest BCUT2D eigenvalue weighted by atomic mass is 19.4. The third-order valence-corrected chi connectivity index (χ3v) is 4.29. The van der Waals surface area contributed by atoms with Gasteiger partial charge in [-0.25, -0.2) is 4.79 Å². The monoisotopic (exact) mass is 394 g/mol. The molecule has 0 N–H and O–H groups in total. The fourth-order valence-electron chi connectivity index (χ4n) is 2.95. The Kier molecular flexibility index (Phi) is 4.72. The second kappa shape index (κ2) is 7.35. The maximum Gasteiger partial charge on any atom is 0.416 e. The zero-order valence-electron chi connectivity index (χ0n) is 14.9. The minimum Gasteiger partial charge on any atom is -0.423 e. The van der Waals surface area contributed by atoms with E-state index < -0.39 is 17.7 Å². The number of aromatic nitrogens is 2. The second-order valence-corrected chi connectivity index (χ2v) is 6.22. The number of nitrogens with zero attached hydrogens (tertiary/aromatic N) is 2. The molecule has 0 bridgehead atoms. The summed E-state index contributed by atoms with van der Waals surface area (Å²) in [4.78, 5) is 13.0. The lowest BCUT2D eigenvalue weighted by molar-refractivity contribution is -0.137. The van der Waals surface area contributed by atoms with Crippen LogP contribution in [0.2, 0.25) is 0 Å². The minimum atomic E-state index is -4.54. The number of carbonyl (C=O) groups is 1.